The second kappa shape index (κ2) is 7.26. The maximum Gasteiger partial charge on any atom is 0.280 e. The van der Waals surface area contributed by atoms with Crippen LogP contribution in [0.15, 0.2) is 30.6 Å². The van der Waals surface area contributed by atoms with Crippen LogP contribution in [0.3, 0.4) is 0 Å². The number of likely N-dealkylation sites (tertiary alicyclic amines) is 1. The lowest BCUT2D eigenvalue weighted by Crippen LogP contribution is -2.39. The molecule has 6 nitrogen and oxygen atoms in total. The highest BCUT2D eigenvalue weighted by atomic mass is 19.3. The highest BCUT2D eigenvalue weighted by molar-refractivity contribution is 5.94. The van der Waals surface area contributed by atoms with Crippen molar-refractivity contribution in [2.45, 2.75) is 39.0 Å². The smallest absolute Gasteiger partial charge is 0.280 e. The van der Waals surface area contributed by atoms with E-state index in [1.807, 2.05) is 32.0 Å². The van der Waals surface area contributed by atoms with Gasteiger partial charge in [-0.3, -0.25) is 4.79 Å². The predicted octanol–water partition coefficient (Wildman–Crippen LogP) is 3.70. The van der Waals surface area contributed by atoms with Crippen LogP contribution in [0.25, 0.3) is 5.78 Å². The number of rotatable bonds is 3. The molecule has 0 unspecified atom stereocenters. The van der Waals surface area contributed by atoms with Crippen molar-refractivity contribution in [1.29, 1.82) is 0 Å². The number of carbonyl (C=O) groups is 1. The van der Waals surface area contributed by atoms with Crippen molar-refractivity contribution in [2.75, 3.05) is 13.1 Å². The van der Waals surface area contributed by atoms with Crippen molar-refractivity contribution in [3.63, 3.8) is 0 Å². The number of fused-ring (bicyclic) bond motifs is 1. The van der Waals surface area contributed by atoms with E-state index in [4.69, 9.17) is 0 Å². The molecule has 1 fully saturated rings. The lowest BCUT2D eigenvalue weighted by molar-refractivity contribution is 0.0704. The minimum absolute atomic E-state index is 0.0329. The van der Waals surface area contributed by atoms with E-state index in [0.717, 1.165) is 24.0 Å². The third-order valence-electron chi connectivity index (χ3n) is 5.12. The predicted molar refractivity (Wildman–Crippen MR) is 99.5 cm³/mol. The van der Waals surface area contributed by atoms with Crippen LogP contribution in [0.4, 0.5) is 8.78 Å². The van der Waals surface area contributed by atoms with Crippen molar-refractivity contribution in [3.8, 4) is 0 Å². The molecule has 1 aromatic carbocycles. The lowest BCUT2D eigenvalue weighted by Gasteiger charge is -2.33. The molecule has 0 bridgehead atoms. The van der Waals surface area contributed by atoms with E-state index in [0.29, 0.717) is 24.3 Å². The van der Waals surface area contributed by atoms with E-state index in [9.17, 15) is 13.6 Å². The Bertz CT molecular complexity index is 1010. The van der Waals surface area contributed by atoms with Gasteiger partial charge in [0, 0.05) is 24.6 Å². The molecule has 8 heteroatoms. The Balaban J connectivity index is 1.65. The molecule has 1 amide bonds. The molecule has 2 aromatic heterocycles. The summed E-state index contributed by atoms with van der Waals surface area (Å²) in [6.45, 7) is 5.03. The van der Waals surface area contributed by atoms with Crippen molar-refractivity contribution in [3.05, 3.63) is 58.7 Å². The fraction of sp³-hybridized carbons (Fsp3) is 0.400. The third-order valence-corrected chi connectivity index (χ3v) is 5.12. The van der Waals surface area contributed by atoms with E-state index >= 15 is 0 Å². The summed E-state index contributed by atoms with van der Waals surface area (Å²) in [5.41, 5.74) is 3.05. The average Bonchev–Trinajstić information content (AvgIpc) is 3.14. The number of nitrogens with zero attached hydrogens (tertiary/aromatic N) is 5. The van der Waals surface area contributed by atoms with E-state index in [1.54, 1.807) is 4.90 Å². The summed E-state index contributed by atoms with van der Waals surface area (Å²) in [7, 11) is 0. The normalized spacial score (nSPS) is 17.5. The van der Waals surface area contributed by atoms with Gasteiger partial charge in [-0.1, -0.05) is 17.2 Å². The van der Waals surface area contributed by atoms with Crippen LogP contribution >= 0.6 is 0 Å². The number of carbonyl (C=O) groups excluding carboxylic acids is 1. The SMILES string of the molecule is Cc1cc(C)cc(C(=O)N2CCC[C@H](c3cc(C(F)F)nc4ncnn34)C2)c1. The molecule has 0 aliphatic carbocycles. The molecule has 0 saturated carbocycles. The summed E-state index contributed by atoms with van der Waals surface area (Å²) >= 11 is 0. The molecule has 146 valence electrons. The Labute approximate surface area is 161 Å². The summed E-state index contributed by atoms with van der Waals surface area (Å²) in [6, 6.07) is 7.19. The largest absolute Gasteiger partial charge is 0.338 e. The summed E-state index contributed by atoms with van der Waals surface area (Å²) in [5.74, 6) is 0.0216. The molecule has 3 aromatic rings. The maximum atomic E-state index is 13.3. The Morgan fingerprint density at radius 1 is 1.18 bits per heavy atom. The lowest BCUT2D eigenvalue weighted by atomic mass is 9.93. The maximum absolute atomic E-state index is 13.3. The molecule has 0 spiro atoms. The number of alkyl halides is 2. The summed E-state index contributed by atoms with van der Waals surface area (Å²) in [5, 5.41) is 4.14. The van der Waals surface area contributed by atoms with Gasteiger partial charge in [0.1, 0.15) is 12.0 Å². The number of hydrogen-bond acceptors (Lipinski definition) is 4. The zero-order chi connectivity index (χ0) is 19.8. The molecular weight excluding hydrogens is 364 g/mol. The Morgan fingerprint density at radius 3 is 2.64 bits per heavy atom. The standard InChI is InChI=1S/C20H21F2N5O/c1-12-6-13(2)8-15(7-12)19(28)26-5-3-4-14(10-26)17-9-16(18(21)22)25-20-23-11-24-27(17)20/h6-9,11,14,18H,3-5,10H2,1-2H3/t14-/m0/s1. The van der Waals surface area contributed by atoms with Crippen LogP contribution in [0, 0.1) is 13.8 Å². The molecule has 28 heavy (non-hydrogen) atoms. The van der Waals surface area contributed by atoms with E-state index in [1.165, 1.54) is 16.9 Å². The minimum Gasteiger partial charge on any atom is -0.338 e. The fourth-order valence-corrected chi connectivity index (χ4v) is 3.94. The van der Waals surface area contributed by atoms with Crippen LogP contribution in [0.1, 0.15) is 58.1 Å². The highest BCUT2D eigenvalue weighted by Crippen LogP contribution is 2.30. The van der Waals surface area contributed by atoms with Gasteiger partial charge < -0.3 is 4.90 Å². The third kappa shape index (κ3) is 3.46. The monoisotopic (exact) mass is 385 g/mol. The van der Waals surface area contributed by atoms with Crippen LogP contribution in [-0.2, 0) is 0 Å². The molecule has 0 radical (unpaired) electrons. The molecule has 1 aliphatic rings. The van der Waals surface area contributed by atoms with Gasteiger partial charge in [-0.05, 0) is 44.9 Å². The van der Waals surface area contributed by atoms with Crippen molar-refractivity contribution < 1.29 is 13.6 Å². The number of halogens is 2. The fourth-order valence-electron chi connectivity index (χ4n) is 3.94. The first-order valence-electron chi connectivity index (χ1n) is 9.28. The van der Waals surface area contributed by atoms with Gasteiger partial charge in [0.2, 0.25) is 0 Å². The van der Waals surface area contributed by atoms with Gasteiger partial charge in [-0.15, -0.1) is 0 Å². The molecular formula is C20H21F2N5O. The number of hydrogen-bond donors (Lipinski definition) is 0. The van der Waals surface area contributed by atoms with Crippen LogP contribution in [0.5, 0.6) is 0 Å². The van der Waals surface area contributed by atoms with E-state index in [-0.39, 0.29) is 23.3 Å². The Kier molecular flexibility index (Phi) is 4.78. The van der Waals surface area contributed by atoms with Gasteiger partial charge in [-0.2, -0.15) is 10.1 Å². The number of benzene rings is 1. The molecule has 1 saturated heterocycles. The van der Waals surface area contributed by atoms with Crippen LogP contribution in [-0.4, -0.2) is 43.5 Å². The Morgan fingerprint density at radius 2 is 1.93 bits per heavy atom. The van der Waals surface area contributed by atoms with Crippen molar-refractivity contribution >= 4 is 11.7 Å². The minimum atomic E-state index is -2.68. The first-order valence-corrected chi connectivity index (χ1v) is 9.28. The Hall–Kier alpha value is -2.90. The van der Waals surface area contributed by atoms with Crippen molar-refractivity contribution in [1.82, 2.24) is 24.5 Å². The number of amides is 1. The number of piperidine rings is 1. The highest BCUT2D eigenvalue weighted by Gasteiger charge is 2.29. The number of aryl methyl sites for hydroxylation is 2. The summed E-state index contributed by atoms with van der Waals surface area (Å²) in [6.07, 6.45) is 0.210. The molecule has 0 N–H and O–H groups in total. The second-order valence-corrected chi connectivity index (χ2v) is 7.35. The number of aromatic nitrogens is 4. The van der Waals surface area contributed by atoms with Gasteiger partial charge in [0.25, 0.3) is 18.1 Å². The van der Waals surface area contributed by atoms with Gasteiger partial charge >= 0.3 is 0 Å². The molecule has 3 heterocycles. The second-order valence-electron chi connectivity index (χ2n) is 7.35. The topological polar surface area (TPSA) is 63.4 Å². The average molecular weight is 385 g/mol. The van der Waals surface area contributed by atoms with E-state index in [2.05, 4.69) is 15.1 Å². The molecule has 1 aliphatic heterocycles. The van der Waals surface area contributed by atoms with Crippen molar-refractivity contribution in [2.24, 2.45) is 0 Å². The van der Waals surface area contributed by atoms with Crippen LogP contribution in [0.2, 0.25) is 0 Å². The zero-order valence-electron chi connectivity index (χ0n) is 15.8. The molecule has 4 rings (SSSR count). The first kappa shape index (κ1) is 18.5. The van der Waals surface area contributed by atoms with E-state index < -0.39 is 6.43 Å². The zero-order valence-corrected chi connectivity index (χ0v) is 15.8. The quantitative estimate of drug-likeness (QED) is 0.690. The molecule has 1 atom stereocenters. The van der Waals surface area contributed by atoms with Gasteiger partial charge in [-0.25, -0.2) is 18.3 Å². The van der Waals surface area contributed by atoms with Gasteiger partial charge in [0.05, 0.1) is 5.69 Å². The summed E-state index contributed by atoms with van der Waals surface area (Å²) in [4.78, 5) is 22.7. The van der Waals surface area contributed by atoms with Crippen LogP contribution < -0.4 is 0 Å². The first-order chi connectivity index (χ1) is 13.4. The summed E-state index contributed by atoms with van der Waals surface area (Å²) < 4.78 is 28.0. The van der Waals surface area contributed by atoms with Gasteiger partial charge in [0.15, 0.2) is 0 Å².